The molecule has 1 aliphatic heterocycles. The van der Waals surface area contributed by atoms with Crippen molar-refractivity contribution in [2.45, 2.75) is 58.3 Å². The molecule has 0 spiro atoms. The summed E-state index contributed by atoms with van der Waals surface area (Å²) in [5, 5.41) is 0. The highest BCUT2D eigenvalue weighted by Crippen LogP contribution is 2.33. The van der Waals surface area contributed by atoms with E-state index < -0.39 is 0 Å². The molecule has 0 N–H and O–H groups in total. The summed E-state index contributed by atoms with van der Waals surface area (Å²) in [5.74, 6) is 1.15. The van der Waals surface area contributed by atoms with Gasteiger partial charge in [-0.3, -0.25) is 0 Å². The lowest BCUT2D eigenvalue weighted by Crippen LogP contribution is -2.34. The number of hydrogen-bond donors (Lipinski definition) is 0. The molecule has 1 fully saturated rings. The SMILES string of the molecule is CC(=O)CCCC1CCN(CCC=C2c3ccccc3CCc3ccccc32)CC1. The summed E-state index contributed by atoms with van der Waals surface area (Å²) in [5.41, 5.74) is 7.23. The lowest BCUT2D eigenvalue weighted by molar-refractivity contribution is -0.117. The number of nitrogens with zero attached hydrogens (tertiary/aromatic N) is 1. The Hall–Kier alpha value is -2.19. The van der Waals surface area contributed by atoms with Crippen LogP contribution >= 0.6 is 0 Å². The van der Waals surface area contributed by atoms with Crippen LogP contribution in [0.5, 0.6) is 0 Å². The molecule has 2 aliphatic rings. The van der Waals surface area contributed by atoms with Gasteiger partial charge in [-0.2, -0.15) is 0 Å². The maximum atomic E-state index is 11.1. The number of piperidine rings is 1. The minimum Gasteiger partial charge on any atom is -0.303 e. The number of rotatable bonds is 7. The molecule has 0 unspecified atom stereocenters. The lowest BCUT2D eigenvalue weighted by Gasteiger charge is -2.31. The molecular weight excluding hydrogens is 366 g/mol. The Morgan fingerprint density at radius 3 is 2.17 bits per heavy atom. The predicted molar refractivity (Wildman–Crippen MR) is 126 cm³/mol. The molecule has 2 aromatic rings. The fourth-order valence-electron chi connectivity index (χ4n) is 5.17. The highest BCUT2D eigenvalue weighted by atomic mass is 16.1. The summed E-state index contributed by atoms with van der Waals surface area (Å²) in [6, 6.07) is 17.9. The summed E-state index contributed by atoms with van der Waals surface area (Å²) in [4.78, 5) is 13.8. The van der Waals surface area contributed by atoms with Crippen LogP contribution < -0.4 is 0 Å². The van der Waals surface area contributed by atoms with Crippen molar-refractivity contribution in [1.29, 1.82) is 0 Å². The number of fused-ring (bicyclic) bond motifs is 2. The van der Waals surface area contributed by atoms with Gasteiger partial charge in [0.1, 0.15) is 5.78 Å². The van der Waals surface area contributed by atoms with Gasteiger partial charge < -0.3 is 9.69 Å². The monoisotopic (exact) mass is 401 g/mol. The largest absolute Gasteiger partial charge is 0.303 e. The second kappa shape index (κ2) is 10.2. The highest BCUT2D eigenvalue weighted by Gasteiger charge is 2.20. The summed E-state index contributed by atoms with van der Waals surface area (Å²) in [6.45, 7) is 5.28. The van der Waals surface area contributed by atoms with Gasteiger partial charge in [0.15, 0.2) is 0 Å². The number of likely N-dealkylation sites (tertiary alicyclic amines) is 1. The Morgan fingerprint density at radius 1 is 0.967 bits per heavy atom. The van der Waals surface area contributed by atoms with E-state index in [-0.39, 0.29) is 0 Å². The van der Waals surface area contributed by atoms with E-state index in [0.717, 1.165) is 44.6 Å². The average Bonchev–Trinajstić information content (AvgIpc) is 2.92. The van der Waals surface area contributed by atoms with Crippen LogP contribution in [-0.4, -0.2) is 30.3 Å². The van der Waals surface area contributed by atoms with Crippen LogP contribution in [-0.2, 0) is 17.6 Å². The normalized spacial score (nSPS) is 17.2. The molecule has 2 nitrogen and oxygen atoms in total. The van der Waals surface area contributed by atoms with E-state index >= 15 is 0 Å². The number of hydrogen-bond acceptors (Lipinski definition) is 2. The Kier molecular flexibility index (Phi) is 7.17. The van der Waals surface area contributed by atoms with E-state index in [2.05, 4.69) is 59.5 Å². The first-order valence-electron chi connectivity index (χ1n) is 11.8. The van der Waals surface area contributed by atoms with Crippen molar-refractivity contribution >= 4 is 11.4 Å². The summed E-state index contributed by atoms with van der Waals surface area (Å²) in [7, 11) is 0. The number of aryl methyl sites for hydroxylation is 2. The standard InChI is InChI=1S/C28H35NO/c1-22(30)8-6-9-23-17-20-29(21-18-23)19-7-14-28-26-12-4-2-10-24(26)15-16-25-11-3-5-13-27(25)28/h2-5,10-14,23H,6-9,15-21H2,1H3. The molecule has 158 valence electrons. The van der Waals surface area contributed by atoms with E-state index in [0.29, 0.717) is 5.78 Å². The maximum Gasteiger partial charge on any atom is 0.129 e. The minimum absolute atomic E-state index is 0.335. The van der Waals surface area contributed by atoms with Crippen molar-refractivity contribution in [3.8, 4) is 0 Å². The zero-order valence-corrected chi connectivity index (χ0v) is 18.4. The first kappa shape index (κ1) is 21.1. The third-order valence-electron chi connectivity index (χ3n) is 6.92. The quantitative estimate of drug-likeness (QED) is 0.560. The molecule has 0 bridgehead atoms. The Bertz CT molecular complexity index is 840. The van der Waals surface area contributed by atoms with E-state index in [9.17, 15) is 4.79 Å². The van der Waals surface area contributed by atoms with Crippen molar-refractivity contribution in [1.82, 2.24) is 4.90 Å². The van der Waals surface area contributed by atoms with E-state index in [1.165, 1.54) is 60.2 Å². The van der Waals surface area contributed by atoms with Crippen LogP contribution in [0.2, 0.25) is 0 Å². The van der Waals surface area contributed by atoms with Crippen molar-refractivity contribution in [3.05, 3.63) is 76.9 Å². The zero-order valence-electron chi connectivity index (χ0n) is 18.4. The molecule has 2 heteroatoms. The predicted octanol–water partition coefficient (Wildman–Crippen LogP) is 6.08. The van der Waals surface area contributed by atoms with Gasteiger partial charge in [0.05, 0.1) is 0 Å². The maximum absolute atomic E-state index is 11.1. The number of Topliss-reactive ketones (excluding diaryl/α,β-unsaturated/α-hetero) is 1. The van der Waals surface area contributed by atoms with Gasteiger partial charge in [0.25, 0.3) is 0 Å². The second-order valence-electron chi connectivity index (χ2n) is 9.10. The molecular formula is C28H35NO. The third kappa shape index (κ3) is 5.29. The average molecular weight is 402 g/mol. The molecule has 0 amide bonds. The van der Waals surface area contributed by atoms with Crippen molar-refractivity contribution in [2.75, 3.05) is 19.6 Å². The first-order chi connectivity index (χ1) is 14.7. The van der Waals surface area contributed by atoms with Crippen molar-refractivity contribution < 1.29 is 4.79 Å². The fourth-order valence-corrected chi connectivity index (χ4v) is 5.17. The first-order valence-corrected chi connectivity index (χ1v) is 11.8. The zero-order chi connectivity index (χ0) is 20.8. The highest BCUT2D eigenvalue weighted by molar-refractivity contribution is 5.83. The molecule has 0 aromatic heterocycles. The van der Waals surface area contributed by atoms with Crippen LogP contribution in [0.1, 0.15) is 67.7 Å². The van der Waals surface area contributed by atoms with Crippen LogP contribution in [0.15, 0.2) is 54.6 Å². The lowest BCUT2D eigenvalue weighted by atomic mass is 9.91. The Morgan fingerprint density at radius 2 is 1.57 bits per heavy atom. The Labute approximate surface area is 182 Å². The van der Waals surface area contributed by atoms with E-state index in [1.54, 1.807) is 6.92 Å². The topological polar surface area (TPSA) is 20.3 Å². The van der Waals surface area contributed by atoms with Gasteiger partial charge >= 0.3 is 0 Å². The van der Waals surface area contributed by atoms with Gasteiger partial charge in [-0.1, -0.05) is 54.6 Å². The van der Waals surface area contributed by atoms with Crippen molar-refractivity contribution in [3.63, 3.8) is 0 Å². The van der Waals surface area contributed by atoms with Gasteiger partial charge in [-0.05, 0) is 98.7 Å². The summed E-state index contributed by atoms with van der Waals surface area (Å²) < 4.78 is 0. The Balaban J connectivity index is 1.37. The molecule has 0 atom stereocenters. The number of carbonyl (C=O) groups excluding carboxylic acids is 1. The molecule has 1 heterocycles. The molecule has 30 heavy (non-hydrogen) atoms. The molecule has 1 aliphatic carbocycles. The van der Waals surface area contributed by atoms with Crippen LogP contribution in [0.25, 0.3) is 5.57 Å². The molecule has 4 rings (SSSR count). The van der Waals surface area contributed by atoms with Gasteiger partial charge in [-0.15, -0.1) is 0 Å². The summed E-state index contributed by atoms with van der Waals surface area (Å²) >= 11 is 0. The van der Waals surface area contributed by atoms with E-state index in [1.807, 2.05) is 0 Å². The fraction of sp³-hybridized carbons (Fsp3) is 0.464. The van der Waals surface area contributed by atoms with Gasteiger partial charge in [0, 0.05) is 13.0 Å². The smallest absolute Gasteiger partial charge is 0.129 e. The molecule has 1 saturated heterocycles. The second-order valence-corrected chi connectivity index (χ2v) is 9.10. The van der Waals surface area contributed by atoms with Crippen LogP contribution in [0.3, 0.4) is 0 Å². The van der Waals surface area contributed by atoms with Gasteiger partial charge in [0.2, 0.25) is 0 Å². The van der Waals surface area contributed by atoms with E-state index in [4.69, 9.17) is 0 Å². The van der Waals surface area contributed by atoms with Gasteiger partial charge in [-0.25, -0.2) is 0 Å². The summed E-state index contributed by atoms with van der Waals surface area (Å²) in [6.07, 6.45) is 11.5. The van der Waals surface area contributed by atoms with Crippen LogP contribution in [0.4, 0.5) is 0 Å². The molecule has 2 aromatic carbocycles. The number of benzene rings is 2. The van der Waals surface area contributed by atoms with Crippen molar-refractivity contribution in [2.24, 2.45) is 5.92 Å². The molecule has 0 radical (unpaired) electrons. The minimum atomic E-state index is 0.335. The number of carbonyl (C=O) groups is 1. The van der Waals surface area contributed by atoms with Crippen LogP contribution in [0, 0.1) is 5.92 Å². The molecule has 0 saturated carbocycles. The third-order valence-corrected chi connectivity index (χ3v) is 6.92. The number of ketones is 1.